The smallest absolute Gasteiger partial charge is 0.246 e. The molecule has 0 saturated heterocycles. The van der Waals surface area contributed by atoms with E-state index in [4.69, 9.17) is 0 Å². The quantitative estimate of drug-likeness (QED) is 0.632. The van der Waals surface area contributed by atoms with Crippen molar-refractivity contribution in [1.29, 1.82) is 0 Å². The minimum atomic E-state index is -3.48. The third-order valence-corrected chi connectivity index (χ3v) is 5.94. The molecule has 2 aromatic rings. The molecule has 0 bridgehead atoms. The van der Waals surface area contributed by atoms with Crippen LogP contribution in [0.5, 0.6) is 0 Å². The van der Waals surface area contributed by atoms with E-state index in [9.17, 15) is 18.3 Å². The molecule has 2 aromatic carbocycles. The van der Waals surface area contributed by atoms with Crippen molar-refractivity contribution < 1.29 is 18.3 Å². The second-order valence-electron chi connectivity index (χ2n) is 6.77. The normalized spacial score (nSPS) is 14.3. The lowest BCUT2D eigenvalue weighted by Crippen LogP contribution is -2.31. The molecule has 1 fully saturated rings. The zero-order valence-corrected chi connectivity index (χ0v) is 16.3. The summed E-state index contributed by atoms with van der Waals surface area (Å²) in [6.07, 6.45) is 4.85. The molecule has 28 heavy (non-hydrogen) atoms. The molecule has 0 radical (unpaired) electrons. The molecule has 148 valence electrons. The molecule has 2 N–H and O–H groups in total. The Kier molecular flexibility index (Phi) is 6.61. The number of aliphatic hydroxyl groups is 1. The van der Waals surface area contributed by atoms with Gasteiger partial charge < -0.3 is 10.0 Å². The molecule has 0 atom stereocenters. The summed E-state index contributed by atoms with van der Waals surface area (Å²) >= 11 is 0. The number of rotatable bonds is 9. The highest BCUT2D eigenvalue weighted by atomic mass is 32.2. The Bertz CT molecular complexity index is 921. The Morgan fingerprint density at radius 1 is 1.11 bits per heavy atom. The van der Waals surface area contributed by atoms with Crippen molar-refractivity contribution in [2.45, 2.75) is 30.3 Å². The fraction of sp³-hybridized carbons (Fsp3) is 0.286. The largest absolute Gasteiger partial charge is 0.395 e. The third-order valence-electron chi connectivity index (χ3n) is 4.41. The number of carbonyl (C=O) groups excluding carboxylic acids is 1. The van der Waals surface area contributed by atoms with Crippen LogP contribution in [0.3, 0.4) is 0 Å². The van der Waals surface area contributed by atoms with Crippen LogP contribution in [-0.2, 0) is 21.4 Å². The van der Waals surface area contributed by atoms with Gasteiger partial charge in [0, 0.05) is 25.2 Å². The van der Waals surface area contributed by atoms with E-state index >= 15 is 0 Å². The molecule has 0 spiro atoms. The number of carbonyl (C=O) groups is 1. The third kappa shape index (κ3) is 5.76. The highest BCUT2D eigenvalue weighted by molar-refractivity contribution is 7.89. The summed E-state index contributed by atoms with van der Waals surface area (Å²) in [5, 5.41) is 9.24. The summed E-state index contributed by atoms with van der Waals surface area (Å²) in [6.45, 7) is 0.531. The van der Waals surface area contributed by atoms with Crippen LogP contribution in [-0.4, -0.2) is 43.5 Å². The van der Waals surface area contributed by atoms with E-state index in [1.807, 2.05) is 30.3 Å². The second-order valence-corrected chi connectivity index (χ2v) is 8.48. The molecule has 7 heteroatoms. The van der Waals surface area contributed by atoms with Crippen LogP contribution in [0.2, 0.25) is 0 Å². The van der Waals surface area contributed by atoms with Gasteiger partial charge in [-0.15, -0.1) is 0 Å². The van der Waals surface area contributed by atoms with Gasteiger partial charge in [-0.1, -0.05) is 42.5 Å². The molecule has 1 amide bonds. The average Bonchev–Trinajstić information content (AvgIpc) is 3.50. The van der Waals surface area contributed by atoms with Crippen LogP contribution < -0.4 is 4.72 Å². The highest BCUT2D eigenvalue weighted by Crippen LogP contribution is 2.22. The molecule has 0 aliphatic heterocycles. The van der Waals surface area contributed by atoms with E-state index < -0.39 is 10.0 Å². The fourth-order valence-electron chi connectivity index (χ4n) is 2.71. The van der Waals surface area contributed by atoms with Gasteiger partial charge in [-0.2, -0.15) is 0 Å². The standard InChI is InChI=1S/C21H24N2O4S/c24-15-14-23(16-18-4-2-1-3-5-18)21(25)13-8-17-6-11-20(12-7-17)28(26,27)22-19-9-10-19/h1-8,11-13,19,22,24H,9-10,14-16H2/b13-8+. The summed E-state index contributed by atoms with van der Waals surface area (Å²) in [7, 11) is -3.48. The van der Waals surface area contributed by atoms with Gasteiger partial charge in [0.25, 0.3) is 0 Å². The van der Waals surface area contributed by atoms with Crippen molar-refractivity contribution >= 4 is 22.0 Å². The van der Waals surface area contributed by atoms with Crippen molar-refractivity contribution in [3.8, 4) is 0 Å². The monoisotopic (exact) mass is 400 g/mol. The first-order valence-corrected chi connectivity index (χ1v) is 10.7. The average molecular weight is 401 g/mol. The zero-order valence-electron chi connectivity index (χ0n) is 15.5. The number of hydrogen-bond acceptors (Lipinski definition) is 4. The minimum Gasteiger partial charge on any atom is -0.395 e. The summed E-state index contributed by atoms with van der Waals surface area (Å²) in [5.74, 6) is -0.218. The molecular formula is C21H24N2O4S. The number of nitrogens with one attached hydrogen (secondary N) is 1. The molecule has 0 heterocycles. The van der Waals surface area contributed by atoms with E-state index in [1.165, 1.54) is 18.2 Å². The topological polar surface area (TPSA) is 86.7 Å². The van der Waals surface area contributed by atoms with Gasteiger partial charge in [0.05, 0.1) is 11.5 Å². The van der Waals surface area contributed by atoms with E-state index in [-0.39, 0.29) is 30.0 Å². The number of sulfonamides is 1. The Hall–Kier alpha value is -2.48. The lowest BCUT2D eigenvalue weighted by Gasteiger charge is -2.20. The fourth-order valence-corrected chi connectivity index (χ4v) is 4.02. The Morgan fingerprint density at radius 2 is 1.79 bits per heavy atom. The molecule has 3 rings (SSSR count). The van der Waals surface area contributed by atoms with E-state index in [0.29, 0.717) is 6.54 Å². The number of aliphatic hydroxyl groups excluding tert-OH is 1. The van der Waals surface area contributed by atoms with Crippen LogP contribution >= 0.6 is 0 Å². The summed E-state index contributed by atoms with van der Waals surface area (Å²) < 4.78 is 27.0. The van der Waals surface area contributed by atoms with Gasteiger partial charge in [0.2, 0.25) is 15.9 Å². The molecule has 0 unspecified atom stereocenters. The number of hydrogen-bond donors (Lipinski definition) is 2. The summed E-state index contributed by atoms with van der Waals surface area (Å²) in [6, 6.07) is 16.0. The van der Waals surface area contributed by atoms with Gasteiger partial charge >= 0.3 is 0 Å². The summed E-state index contributed by atoms with van der Waals surface area (Å²) in [5.41, 5.74) is 1.71. The molecule has 0 aromatic heterocycles. The molecule has 6 nitrogen and oxygen atoms in total. The Morgan fingerprint density at radius 3 is 2.39 bits per heavy atom. The number of benzene rings is 2. The van der Waals surface area contributed by atoms with Crippen LogP contribution in [0.1, 0.15) is 24.0 Å². The molecule has 1 saturated carbocycles. The van der Waals surface area contributed by atoms with Gasteiger partial charge in [-0.25, -0.2) is 13.1 Å². The second kappa shape index (κ2) is 9.14. The minimum absolute atomic E-state index is 0.0596. The van der Waals surface area contributed by atoms with Crippen molar-refractivity contribution in [1.82, 2.24) is 9.62 Å². The lowest BCUT2D eigenvalue weighted by molar-refractivity contribution is -0.127. The van der Waals surface area contributed by atoms with Crippen molar-refractivity contribution in [2.24, 2.45) is 0 Å². The van der Waals surface area contributed by atoms with Crippen LogP contribution in [0, 0.1) is 0 Å². The maximum atomic E-state index is 12.5. The predicted octanol–water partition coefficient (Wildman–Crippen LogP) is 2.16. The summed E-state index contributed by atoms with van der Waals surface area (Å²) in [4.78, 5) is 14.3. The van der Waals surface area contributed by atoms with Crippen molar-refractivity contribution in [3.63, 3.8) is 0 Å². The van der Waals surface area contributed by atoms with E-state index in [1.54, 1.807) is 23.1 Å². The molecule has 1 aliphatic rings. The van der Waals surface area contributed by atoms with Crippen LogP contribution in [0.25, 0.3) is 6.08 Å². The maximum absolute atomic E-state index is 12.5. The number of nitrogens with zero attached hydrogens (tertiary/aromatic N) is 1. The van der Waals surface area contributed by atoms with Crippen molar-refractivity contribution in [3.05, 3.63) is 71.8 Å². The Balaban J connectivity index is 1.64. The van der Waals surface area contributed by atoms with Gasteiger partial charge in [0.1, 0.15) is 0 Å². The first kappa shape index (κ1) is 20.3. The van der Waals surface area contributed by atoms with Crippen LogP contribution in [0.4, 0.5) is 0 Å². The first-order valence-electron chi connectivity index (χ1n) is 9.22. The zero-order chi connectivity index (χ0) is 20.0. The SMILES string of the molecule is O=C(/C=C/c1ccc(S(=O)(=O)NC2CC2)cc1)N(CCO)Cc1ccccc1. The van der Waals surface area contributed by atoms with Gasteiger partial charge in [-0.05, 0) is 42.2 Å². The first-order chi connectivity index (χ1) is 13.5. The predicted molar refractivity (Wildman–Crippen MR) is 108 cm³/mol. The van der Waals surface area contributed by atoms with E-state index in [0.717, 1.165) is 24.0 Å². The van der Waals surface area contributed by atoms with Gasteiger partial charge in [0.15, 0.2) is 0 Å². The molecule has 1 aliphatic carbocycles. The van der Waals surface area contributed by atoms with E-state index in [2.05, 4.69) is 4.72 Å². The van der Waals surface area contributed by atoms with Gasteiger partial charge in [-0.3, -0.25) is 4.79 Å². The highest BCUT2D eigenvalue weighted by Gasteiger charge is 2.27. The maximum Gasteiger partial charge on any atom is 0.246 e. The van der Waals surface area contributed by atoms with Crippen LogP contribution in [0.15, 0.2) is 65.6 Å². The number of amides is 1. The van der Waals surface area contributed by atoms with Crippen molar-refractivity contribution in [2.75, 3.05) is 13.2 Å². The lowest BCUT2D eigenvalue weighted by atomic mass is 10.2. The molecular weight excluding hydrogens is 376 g/mol. The Labute approximate surface area is 165 Å².